The van der Waals surface area contributed by atoms with Gasteiger partial charge in [-0.05, 0) is 24.3 Å². The molecule has 0 heterocycles. The number of carbonyl (C=O) groups excluding carboxylic acids is 1. The van der Waals surface area contributed by atoms with Crippen LogP contribution in [0.5, 0.6) is 17.2 Å². The molecule has 0 bridgehead atoms. The zero-order chi connectivity index (χ0) is 14.5. The zero-order valence-electron chi connectivity index (χ0n) is 10.6. The van der Waals surface area contributed by atoms with E-state index in [4.69, 9.17) is 9.47 Å². The average molecular weight is 273 g/mol. The maximum Gasteiger partial charge on any atom is 0.312 e. The number of carbonyl (C=O) groups is 1. The van der Waals surface area contributed by atoms with Crippen LogP contribution in [0, 0.1) is 10.1 Å². The zero-order valence-corrected chi connectivity index (χ0v) is 10.6. The van der Waals surface area contributed by atoms with Crippen molar-refractivity contribution in [3.8, 4) is 17.2 Å². The van der Waals surface area contributed by atoms with Gasteiger partial charge in [-0.3, -0.25) is 14.9 Å². The Kier molecular flexibility index (Phi) is 3.95. The van der Waals surface area contributed by atoms with Crippen LogP contribution in [0.3, 0.4) is 0 Å². The molecule has 0 aliphatic rings. The molecule has 0 aliphatic carbocycles. The average Bonchev–Trinajstić information content (AvgIpc) is 2.48. The first-order valence-electron chi connectivity index (χ1n) is 5.70. The van der Waals surface area contributed by atoms with Gasteiger partial charge in [0.15, 0.2) is 11.5 Å². The summed E-state index contributed by atoms with van der Waals surface area (Å²) in [6, 6.07) is 10.8. The van der Waals surface area contributed by atoms with Gasteiger partial charge in [0, 0.05) is 11.6 Å². The molecule has 0 saturated carbocycles. The van der Waals surface area contributed by atoms with Gasteiger partial charge in [-0.2, -0.15) is 0 Å². The minimum Gasteiger partial charge on any atom is -0.493 e. The summed E-state index contributed by atoms with van der Waals surface area (Å²) in [7, 11) is 1.48. The van der Waals surface area contributed by atoms with E-state index in [1.54, 1.807) is 24.3 Å². The summed E-state index contributed by atoms with van der Waals surface area (Å²) in [5, 5.41) is 11.0. The highest BCUT2D eigenvalue weighted by atomic mass is 16.6. The molecule has 2 rings (SSSR count). The summed E-state index contributed by atoms with van der Waals surface area (Å²) >= 11 is 0. The van der Waals surface area contributed by atoms with E-state index in [2.05, 4.69) is 0 Å². The minimum absolute atomic E-state index is 0.0464. The Hall–Kier alpha value is -2.89. The molecule has 0 radical (unpaired) electrons. The Morgan fingerprint density at radius 1 is 1.10 bits per heavy atom. The SMILES string of the molecule is COc1ccccc1Oc1ccc(C=O)cc1[N+](=O)[O-]. The van der Waals surface area contributed by atoms with Crippen LogP contribution in [0.2, 0.25) is 0 Å². The normalized spacial score (nSPS) is 9.85. The third-order valence-corrected chi connectivity index (χ3v) is 2.60. The van der Waals surface area contributed by atoms with E-state index in [1.165, 1.54) is 19.2 Å². The van der Waals surface area contributed by atoms with Gasteiger partial charge in [0.25, 0.3) is 0 Å². The molecule has 0 saturated heterocycles. The Morgan fingerprint density at radius 3 is 2.40 bits per heavy atom. The van der Waals surface area contributed by atoms with Crippen molar-refractivity contribution in [2.24, 2.45) is 0 Å². The predicted octanol–water partition coefficient (Wildman–Crippen LogP) is 3.21. The summed E-state index contributed by atoms with van der Waals surface area (Å²) in [5.74, 6) is 0.864. The van der Waals surface area contributed by atoms with Crippen molar-refractivity contribution in [1.82, 2.24) is 0 Å². The van der Waals surface area contributed by atoms with Crippen LogP contribution in [-0.2, 0) is 0 Å². The van der Waals surface area contributed by atoms with E-state index in [1.807, 2.05) is 0 Å². The highest BCUT2D eigenvalue weighted by Crippen LogP contribution is 2.36. The van der Waals surface area contributed by atoms with Gasteiger partial charge in [0.05, 0.1) is 12.0 Å². The maximum atomic E-state index is 11.0. The number of para-hydroxylation sites is 2. The van der Waals surface area contributed by atoms with Crippen molar-refractivity contribution < 1.29 is 19.2 Å². The standard InChI is InChI=1S/C14H11NO5/c1-19-13-4-2-3-5-14(13)20-12-7-6-10(9-16)8-11(12)15(17)18/h2-9H,1H3. The first kappa shape index (κ1) is 13.5. The first-order valence-corrected chi connectivity index (χ1v) is 5.70. The number of benzene rings is 2. The fourth-order valence-electron chi connectivity index (χ4n) is 1.66. The molecule has 6 nitrogen and oxygen atoms in total. The molecule has 2 aromatic carbocycles. The smallest absolute Gasteiger partial charge is 0.312 e. The number of nitro benzene ring substituents is 1. The summed E-state index contributed by atoms with van der Waals surface area (Å²) < 4.78 is 10.6. The molecule has 0 unspecified atom stereocenters. The lowest BCUT2D eigenvalue weighted by Gasteiger charge is -2.10. The van der Waals surface area contributed by atoms with Crippen LogP contribution >= 0.6 is 0 Å². The molecule has 20 heavy (non-hydrogen) atoms. The second-order valence-corrected chi connectivity index (χ2v) is 3.86. The number of aldehydes is 1. The van der Waals surface area contributed by atoms with Gasteiger partial charge >= 0.3 is 5.69 Å². The number of rotatable bonds is 5. The van der Waals surface area contributed by atoms with E-state index >= 15 is 0 Å². The molecular formula is C14H11NO5. The molecule has 0 amide bonds. The molecule has 102 valence electrons. The summed E-state index contributed by atoms with van der Waals surface area (Å²) in [6.07, 6.45) is 0.542. The monoisotopic (exact) mass is 273 g/mol. The van der Waals surface area contributed by atoms with Gasteiger partial charge in [-0.15, -0.1) is 0 Å². The molecule has 0 aliphatic heterocycles. The van der Waals surface area contributed by atoms with Crippen LogP contribution in [0.4, 0.5) is 5.69 Å². The number of nitro groups is 1. The quantitative estimate of drug-likeness (QED) is 0.475. The number of hydrogen-bond acceptors (Lipinski definition) is 5. The Balaban J connectivity index is 2.42. The van der Waals surface area contributed by atoms with Crippen LogP contribution in [0.25, 0.3) is 0 Å². The molecule has 0 N–H and O–H groups in total. The minimum atomic E-state index is -0.599. The van der Waals surface area contributed by atoms with Crippen LogP contribution in [0.1, 0.15) is 10.4 Å². The van der Waals surface area contributed by atoms with Crippen molar-refractivity contribution in [3.05, 3.63) is 58.1 Å². The summed E-state index contributed by atoms with van der Waals surface area (Å²) in [4.78, 5) is 21.1. The second kappa shape index (κ2) is 5.83. The number of methoxy groups -OCH3 is 1. The van der Waals surface area contributed by atoms with E-state index in [0.717, 1.165) is 6.07 Å². The molecular weight excluding hydrogens is 262 g/mol. The Morgan fingerprint density at radius 2 is 1.80 bits per heavy atom. The van der Waals surface area contributed by atoms with Crippen LogP contribution in [0.15, 0.2) is 42.5 Å². The topological polar surface area (TPSA) is 78.7 Å². The Labute approximate surface area is 114 Å². The van der Waals surface area contributed by atoms with Crippen molar-refractivity contribution in [1.29, 1.82) is 0 Å². The largest absolute Gasteiger partial charge is 0.493 e. The predicted molar refractivity (Wildman–Crippen MR) is 71.6 cm³/mol. The summed E-state index contributed by atoms with van der Waals surface area (Å²) in [6.45, 7) is 0. The van der Waals surface area contributed by atoms with Crippen molar-refractivity contribution in [2.75, 3.05) is 7.11 Å². The lowest BCUT2D eigenvalue weighted by atomic mass is 10.2. The van der Waals surface area contributed by atoms with E-state index in [9.17, 15) is 14.9 Å². The molecule has 0 fully saturated rings. The lowest BCUT2D eigenvalue weighted by molar-refractivity contribution is -0.385. The third-order valence-electron chi connectivity index (χ3n) is 2.60. The van der Waals surface area contributed by atoms with Gasteiger partial charge in [0.2, 0.25) is 5.75 Å². The van der Waals surface area contributed by atoms with E-state index in [0.29, 0.717) is 17.8 Å². The van der Waals surface area contributed by atoms with Crippen LogP contribution in [-0.4, -0.2) is 18.3 Å². The van der Waals surface area contributed by atoms with E-state index < -0.39 is 4.92 Å². The van der Waals surface area contributed by atoms with Gasteiger partial charge < -0.3 is 9.47 Å². The number of nitrogens with zero attached hydrogens (tertiary/aromatic N) is 1. The van der Waals surface area contributed by atoms with E-state index in [-0.39, 0.29) is 17.0 Å². The van der Waals surface area contributed by atoms with Crippen molar-refractivity contribution >= 4 is 12.0 Å². The lowest BCUT2D eigenvalue weighted by Crippen LogP contribution is -1.96. The maximum absolute atomic E-state index is 11.0. The fourth-order valence-corrected chi connectivity index (χ4v) is 1.66. The molecule has 2 aromatic rings. The van der Waals surface area contributed by atoms with Gasteiger partial charge in [-0.25, -0.2) is 0 Å². The fraction of sp³-hybridized carbons (Fsp3) is 0.0714. The van der Waals surface area contributed by atoms with Crippen molar-refractivity contribution in [3.63, 3.8) is 0 Å². The van der Waals surface area contributed by atoms with Gasteiger partial charge in [-0.1, -0.05) is 12.1 Å². The van der Waals surface area contributed by atoms with Gasteiger partial charge in [0.1, 0.15) is 6.29 Å². The second-order valence-electron chi connectivity index (χ2n) is 3.86. The number of ether oxygens (including phenoxy) is 2. The molecule has 0 atom stereocenters. The number of hydrogen-bond donors (Lipinski definition) is 0. The Bertz CT molecular complexity index is 654. The molecule has 0 spiro atoms. The molecule has 6 heteroatoms. The highest BCUT2D eigenvalue weighted by Gasteiger charge is 2.18. The molecule has 0 aromatic heterocycles. The summed E-state index contributed by atoms with van der Waals surface area (Å²) in [5.41, 5.74) is -0.0652. The van der Waals surface area contributed by atoms with Crippen molar-refractivity contribution in [2.45, 2.75) is 0 Å². The van der Waals surface area contributed by atoms with Crippen LogP contribution < -0.4 is 9.47 Å². The highest BCUT2D eigenvalue weighted by molar-refractivity contribution is 5.77. The third kappa shape index (κ3) is 2.74. The first-order chi connectivity index (χ1) is 9.65.